The van der Waals surface area contributed by atoms with Crippen LogP contribution in [-0.4, -0.2) is 61.1 Å². The number of ether oxygens (including phenoxy) is 3. The second-order valence-electron chi connectivity index (χ2n) is 6.50. The highest BCUT2D eigenvalue weighted by Gasteiger charge is 2.46. The highest BCUT2D eigenvalue weighted by Crippen LogP contribution is 2.31. The SMILES string of the molecule is CC(C)(C)OC(=O)N1CCC2(COCC(CN=[N+]=[N-])O2)C1. The molecular formula is C13H22N4O4. The average molecular weight is 298 g/mol. The van der Waals surface area contributed by atoms with Crippen LogP contribution in [-0.2, 0) is 14.2 Å². The number of carbonyl (C=O) groups is 1. The molecule has 2 atom stereocenters. The highest BCUT2D eigenvalue weighted by atomic mass is 16.6. The van der Waals surface area contributed by atoms with Crippen LogP contribution in [0.2, 0.25) is 0 Å². The molecule has 2 rings (SSSR count). The van der Waals surface area contributed by atoms with E-state index >= 15 is 0 Å². The number of likely N-dealkylation sites (tertiary alicyclic amines) is 1. The molecule has 2 unspecified atom stereocenters. The second-order valence-corrected chi connectivity index (χ2v) is 6.50. The summed E-state index contributed by atoms with van der Waals surface area (Å²) in [5, 5.41) is 3.52. The van der Waals surface area contributed by atoms with E-state index in [1.807, 2.05) is 20.8 Å². The van der Waals surface area contributed by atoms with Gasteiger partial charge in [-0.1, -0.05) is 5.11 Å². The number of rotatable bonds is 2. The van der Waals surface area contributed by atoms with Crippen LogP contribution >= 0.6 is 0 Å². The molecule has 0 aliphatic carbocycles. The Balaban J connectivity index is 1.93. The van der Waals surface area contributed by atoms with Crippen molar-refractivity contribution < 1.29 is 19.0 Å². The first-order valence-electron chi connectivity index (χ1n) is 7.08. The lowest BCUT2D eigenvalue weighted by atomic mass is 10.0. The van der Waals surface area contributed by atoms with Crippen molar-refractivity contribution in [2.75, 3.05) is 32.8 Å². The maximum Gasteiger partial charge on any atom is 0.410 e. The van der Waals surface area contributed by atoms with Gasteiger partial charge in [-0.2, -0.15) is 0 Å². The summed E-state index contributed by atoms with van der Waals surface area (Å²) in [5.74, 6) is 0. The summed E-state index contributed by atoms with van der Waals surface area (Å²) in [4.78, 5) is 16.5. The van der Waals surface area contributed by atoms with E-state index in [9.17, 15) is 4.79 Å². The van der Waals surface area contributed by atoms with Crippen molar-refractivity contribution in [3.63, 3.8) is 0 Å². The van der Waals surface area contributed by atoms with Crippen molar-refractivity contribution >= 4 is 6.09 Å². The van der Waals surface area contributed by atoms with Crippen LogP contribution in [0.5, 0.6) is 0 Å². The molecule has 8 nitrogen and oxygen atoms in total. The summed E-state index contributed by atoms with van der Waals surface area (Å²) in [7, 11) is 0. The van der Waals surface area contributed by atoms with Gasteiger partial charge >= 0.3 is 6.09 Å². The molecule has 0 radical (unpaired) electrons. The van der Waals surface area contributed by atoms with Gasteiger partial charge in [0.1, 0.15) is 11.2 Å². The van der Waals surface area contributed by atoms with Gasteiger partial charge < -0.3 is 19.1 Å². The van der Waals surface area contributed by atoms with Crippen LogP contribution in [0.15, 0.2) is 5.11 Å². The maximum atomic E-state index is 12.1. The quantitative estimate of drug-likeness (QED) is 0.443. The lowest BCUT2D eigenvalue weighted by Gasteiger charge is -2.38. The summed E-state index contributed by atoms with van der Waals surface area (Å²) in [5.41, 5.74) is 7.35. The van der Waals surface area contributed by atoms with Crippen LogP contribution in [0, 0.1) is 0 Å². The van der Waals surface area contributed by atoms with E-state index in [2.05, 4.69) is 10.0 Å². The molecule has 21 heavy (non-hydrogen) atoms. The Bertz CT molecular complexity index is 444. The number of carbonyl (C=O) groups excluding carboxylic acids is 1. The Kier molecular flexibility index (Phi) is 4.61. The zero-order chi connectivity index (χ0) is 15.5. The smallest absolute Gasteiger partial charge is 0.410 e. The van der Waals surface area contributed by atoms with Gasteiger partial charge in [-0.15, -0.1) is 0 Å². The molecule has 0 N–H and O–H groups in total. The fourth-order valence-corrected chi connectivity index (χ4v) is 2.56. The number of hydrogen-bond acceptors (Lipinski definition) is 5. The Morgan fingerprint density at radius 2 is 2.33 bits per heavy atom. The molecular weight excluding hydrogens is 276 g/mol. The maximum absolute atomic E-state index is 12.1. The van der Waals surface area contributed by atoms with E-state index < -0.39 is 11.2 Å². The van der Waals surface area contributed by atoms with Gasteiger partial charge in [0.15, 0.2) is 0 Å². The molecule has 2 aliphatic heterocycles. The minimum atomic E-state index is -0.513. The van der Waals surface area contributed by atoms with Gasteiger partial charge in [0.05, 0.1) is 32.4 Å². The van der Waals surface area contributed by atoms with Crippen LogP contribution in [0.1, 0.15) is 27.2 Å². The molecule has 0 bridgehead atoms. The number of amides is 1. The Labute approximate surface area is 124 Å². The van der Waals surface area contributed by atoms with Crippen LogP contribution < -0.4 is 0 Å². The van der Waals surface area contributed by atoms with Gasteiger partial charge in [0.25, 0.3) is 0 Å². The van der Waals surface area contributed by atoms with E-state index in [-0.39, 0.29) is 18.7 Å². The third-order valence-corrected chi connectivity index (χ3v) is 3.40. The zero-order valence-electron chi connectivity index (χ0n) is 12.7. The van der Waals surface area contributed by atoms with Crippen LogP contribution in [0.3, 0.4) is 0 Å². The van der Waals surface area contributed by atoms with E-state index in [1.54, 1.807) is 4.90 Å². The fraction of sp³-hybridized carbons (Fsp3) is 0.923. The second kappa shape index (κ2) is 6.09. The zero-order valence-corrected chi connectivity index (χ0v) is 12.7. The third-order valence-electron chi connectivity index (χ3n) is 3.40. The summed E-state index contributed by atoms with van der Waals surface area (Å²) in [6.07, 6.45) is 0.104. The molecule has 2 fully saturated rings. The molecule has 0 aromatic carbocycles. The lowest BCUT2D eigenvalue weighted by Crippen LogP contribution is -2.51. The summed E-state index contributed by atoms with van der Waals surface area (Å²) in [6.45, 7) is 7.63. The topological polar surface area (TPSA) is 96.8 Å². The monoisotopic (exact) mass is 298 g/mol. The minimum absolute atomic E-state index is 0.241. The number of azide groups is 1. The average Bonchev–Trinajstić information content (AvgIpc) is 2.78. The molecule has 0 saturated carbocycles. The molecule has 0 aromatic heterocycles. The molecule has 0 aromatic rings. The van der Waals surface area contributed by atoms with Gasteiger partial charge in [0, 0.05) is 11.5 Å². The predicted molar refractivity (Wildman–Crippen MR) is 74.9 cm³/mol. The van der Waals surface area contributed by atoms with Crippen molar-refractivity contribution in [3.05, 3.63) is 10.4 Å². The molecule has 8 heteroatoms. The Hall–Kier alpha value is -1.50. The van der Waals surface area contributed by atoms with Crippen molar-refractivity contribution in [1.29, 1.82) is 0 Å². The highest BCUT2D eigenvalue weighted by molar-refractivity contribution is 5.68. The van der Waals surface area contributed by atoms with E-state index in [4.69, 9.17) is 19.7 Å². The summed E-state index contributed by atoms with van der Waals surface area (Å²) >= 11 is 0. The first kappa shape index (κ1) is 15.9. The molecule has 2 saturated heterocycles. The molecule has 2 aliphatic rings. The van der Waals surface area contributed by atoms with E-state index in [1.165, 1.54) is 0 Å². The summed E-state index contributed by atoms with van der Waals surface area (Å²) in [6, 6.07) is 0. The Morgan fingerprint density at radius 1 is 1.57 bits per heavy atom. The van der Waals surface area contributed by atoms with Crippen molar-refractivity contribution in [1.82, 2.24) is 4.90 Å². The first-order chi connectivity index (χ1) is 9.84. The number of nitrogens with zero attached hydrogens (tertiary/aromatic N) is 4. The van der Waals surface area contributed by atoms with Gasteiger partial charge in [-0.05, 0) is 32.7 Å². The third kappa shape index (κ3) is 4.23. The van der Waals surface area contributed by atoms with Gasteiger partial charge in [0.2, 0.25) is 0 Å². The number of hydrogen-bond donors (Lipinski definition) is 0. The van der Waals surface area contributed by atoms with Gasteiger partial charge in [-0.25, -0.2) is 4.79 Å². The minimum Gasteiger partial charge on any atom is -0.444 e. The fourth-order valence-electron chi connectivity index (χ4n) is 2.56. The van der Waals surface area contributed by atoms with Crippen molar-refractivity contribution in [2.45, 2.75) is 44.5 Å². The Morgan fingerprint density at radius 3 is 3.00 bits per heavy atom. The standard InChI is InChI=1S/C13H22N4O4/c1-12(2,3)21-11(18)17-5-4-13(8-17)9-19-7-10(20-13)6-15-16-14/h10H,4-9H2,1-3H3. The molecule has 2 heterocycles. The van der Waals surface area contributed by atoms with E-state index in [0.717, 1.165) is 0 Å². The van der Waals surface area contributed by atoms with Crippen molar-refractivity contribution in [2.24, 2.45) is 5.11 Å². The predicted octanol–water partition coefficient (Wildman–Crippen LogP) is 2.09. The van der Waals surface area contributed by atoms with E-state index in [0.29, 0.717) is 32.7 Å². The van der Waals surface area contributed by atoms with Crippen LogP contribution in [0.25, 0.3) is 10.4 Å². The van der Waals surface area contributed by atoms with Gasteiger partial charge in [-0.3, -0.25) is 0 Å². The molecule has 118 valence electrons. The lowest BCUT2D eigenvalue weighted by molar-refractivity contribution is -0.188. The van der Waals surface area contributed by atoms with Crippen molar-refractivity contribution in [3.8, 4) is 0 Å². The molecule has 1 spiro atoms. The first-order valence-corrected chi connectivity index (χ1v) is 7.08. The molecule has 1 amide bonds. The van der Waals surface area contributed by atoms with Crippen LogP contribution in [0.4, 0.5) is 4.79 Å². The summed E-state index contributed by atoms with van der Waals surface area (Å²) < 4.78 is 16.9. The normalized spacial score (nSPS) is 29.3. The largest absolute Gasteiger partial charge is 0.444 e.